The predicted octanol–water partition coefficient (Wildman–Crippen LogP) is 2.72. The molecule has 37 heavy (non-hydrogen) atoms. The molecule has 0 amide bonds. The number of para-hydroxylation sites is 2. The van der Waals surface area contributed by atoms with Gasteiger partial charge in [0.25, 0.3) is 0 Å². The van der Waals surface area contributed by atoms with Crippen molar-refractivity contribution in [3.05, 3.63) is 35.9 Å². The third-order valence-electron chi connectivity index (χ3n) is 7.38. The molecule has 2 aliphatic rings. The Bertz CT molecular complexity index is 1410. The number of benzene rings is 1. The van der Waals surface area contributed by atoms with E-state index in [-0.39, 0.29) is 0 Å². The summed E-state index contributed by atoms with van der Waals surface area (Å²) in [6, 6.07) is 7.86. The van der Waals surface area contributed by atoms with Gasteiger partial charge in [-0.25, -0.2) is 9.97 Å². The molecule has 0 radical (unpaired) electrons. The molecule has 10 nitrogen and oxygen atoms in total. The number of morpholine rings is 1. The van der Waals surface area contributed by atoms with Gasteiger partial charge < -0.3 is 24.2 Å². The molecule has 0 spiro atoms. The first-order valence-electron chi connectivity index (χ1n) is 13.3. The molecule has 4 aromatic rings. The van der Waals surface area contributed by atoms with Crippen molar-refractivity contribution in [2.75, 3.05) is 50.8 Å². The Morgan fingerprint density at radius 3 is 2.51 bits per heavy atom. The zero-order valence-electron chi connectivity index (χ0n) is 22.1. The molecule has 1 atom stereocenters. The molecule has 2 fully saturated rings. The van der Waals surface area contributed by atoms with Gasteiger partial charge in [0.05, 0.1) is 24.2 Å². The second-order valence-corrected chi connectivity index (χ2v) is 10.9. The summed E-state index contributed by atoms with van der Waals surface area (Å²) in [4.78, 5) is 24.6. The number of aliphatic hydroxyl groups excluding tert-OH is 1. The van der Waals surface area contributed by atoms with Crippen LogP contribution in [-0.2, 0) is 18.2 Å². The highest BCUT2D eigenvalue weighted by Crippen LogP contribution is 2.31. The van der Waals surface area contributed by atoms with E-state index in [1.807, 2.05) is 28.8 Å². The zero-order valence-corrected chi connectivity index (χ0v) is 22.1. The maximum absolute atomic E-state index is 10.6. The van der Waals surface area contributed by atoms with Crippen LogP contribution < -0.4 is 4.90 Å². The number of aliphatic hydroxyl groups is 1. The van der Waals surface area contributed by atoms with Crippen LogP contribution in [0.15, 0.2) is 24.3 Å². The summed E-state index contributed by atoms with van der Waals surface area (Å²) in [5.74, 6) is 4.17. The summed E-state index contributed by atoms with van der Waals surface area (Å²) in [6.07, 6.45) is 0.153. The Labute approximate surface area is 216 Å². The molecule has 1 N–H and O–H groups in total. The number of anilines is 1. The lowest BCUT2D eigenvalue weighted by molar-refractivity contribution is 0.0857. The van der Waals surface area contributed by atoms with Crippen molar-refractivity contribution in [2.45, 2.75) is 33.3 Å². The number of imidazole rings is 2. The molecule has 6 rings (SSSR count). The minimum absolute atomic E-state index is 0.500. The van der Waals surface area contributed by atoms with E-state index < -0.39 is 6.10 Å². The first-order chi connectivity index (χ1) is 17.9. The van der Waals surface area contributed by atoms with Crippen molar-refractivity contribution in [2.24, 2.45) is 18.9 Å². The molecule has 0 bridgehead atoms. The fourth-order valence-electron chi connectivity index (χ4n) is 5.62. The van der Waals surface area contributed by atoms with E-state index >= 15 is 0 Å². The quantitative estimate of drug-likeness (QED) is 0.410. The van der Waals surface area contributed by atoms with Crippen molar-refractivity contribution < 1.29 is 9.84 Å². The van der Waals surface area contributed by atoms with Crippen LogP contribution in [0.1, 0.15) is 38.5 Å². The van der Waals surface area contributed by atoms with Gasteiger partial charge in [-0.05, 0) is 30.9 Å². The molecule has 0 saturated carbocycles. The van der Waals surface area contributed by atoms with E-state index in [0.29, 0.717) is 36.8 Å². The molecule has 10 heteroatoms. The van der Waals surface area contributed by atoms with Crippen molar-refractivity contribution >= 4 is 28.0 Å². The van der Waals surface area contributed by atoms with E-state index in [2.05, 4.69) is 35.3 Å². The number of fused-ring (bicyclic) bond motifs is 2. The predicted molar refractivity (Wildman–Crippen MR) is 143 cm³/mol. The van der Waals surface area contributed by atoms with Crippen LogP contribution in [0.4, 0.5) is 5.82 Å². The van der Waals surface area contributed by atoms with E-state index in [4.69, 9.17) is 24.7 Å². The molecule has 2 aliphatic heterocycles. The van der Waals surface area contributed by atoms with Gasteiger partial charge in [0, 0.05) is 46.2 Å². The third kappa shape index (κ3) is 4.47. The molecule has 2 saturated heterocycles. The molecular formula is C27H36N8O2. The average Bonchev–Trinajstić information content (AvgIpc) is 3.41. The van der Waals surface area contributed by atoms with Gasteiger partial charge in [-0.1, -0.05) is 26.0 Å². The molecule has 0 aliphatic carbocycles. The van der Waals surface area contributed by atoms with Gasteiger partial charge in [0.2, 0.25) is 5.95 Å². The van der Waals surface area contributed by atoms with Gasteiger partial charge in [0.15, 0.2) is 17.0 Å². The Kier molecular flexibility index (Phi) is 6.34. The van der Waals surface area contributed by atoms with Crippen molar-refractivity contribution in [1.29, 1.82) is 0 Å². The van der Waals surface area contributed by atoms with Gasteiger partial charge in [0.1, 0.15) is 17.8 Å². The minimum Gasteiger partial charge on any atom is -0.385 e. The summed E-state index contributed by atoms with van der Waals surface area (Å²) >= 11 is 0. The number of aryl methyl sites for hydroxylation is 1. The Morgan fingerprint density at radius 1 is 1.03 bits per heavy atom. The van der Waals surface area contributed by atoms with Crippen molar-refractivity contribution in [1.82, 2.24) is 34.0 Å². The molecule has 196 valence electrons. The minimum atomic E-state index is -0.770. The number of aromatic nitrogens is 6. The summed E-state index contributed by atoms with van der Waals surface area (Å²) < 4.78 is 9.62. The number of nitrogens with zero attached hydrogens (tertiary/aromatic N) is 8. The van der Waals surface area contributed by atoms with E-state index in [1.165, 1.54) is 0 Å². The van der Waals surface area contributed by atoms with E-state index in [9.17, 15) is 5.11 Å². The SMILES string of the molecule is CC(C)CN1CC(Cc2nc3c(N4CCOCC4)nc(-n4c([C@@H](C)O)nc5ccccc54)nc3n2C)C1. The Morgan fingerprint density at radius 2 is 1.78 bits per heavy atom. The molecule has 5 heterocycles. The zero-order chi connectivity index (χ0) is 25.7. The first-order valence-corrected chi connectivity index (χ1v) is 13.3. The summed E-state index contributed by atoms with van der Waals surface area (Å²) in [7, 11) is 2.05. The fraction of sp³-hybridized carbons (Fsp3) is 0.556. The Hall–Kier alpha value is -3.08. The number of rotatable bonds is 7. The highest BCUT2D eigenvalue weighted by atomic mass is 16.5. The maximum atomic E-state index is 10.6. The molecular weight excluding hydrogens is 468 g/mol. The van der Waals surface area contributed by atoms with Gasteiger partial charge in [-0.2, -0.15) is 9.97 Å². The smallest absolute Gasteiger partial charge is 0.239 e. The second-order valence-electron chi connectivity index (χ2n) is 10.9. The third-order valence-corrected chi connectivity index (χ3v) is 7.38. The van der Waals surface area contributed by atoms with E-state index in [0.717, 1.165) is 73.0 Å². The largest absolute Gasteiger partial charge is 0.385 e. The second kappa shape index (κ2) is 9.66. The van der Waals surface area contributed by atoms with Crippen LogP contribution >= 0.6 is 0 Å². The lowest BCUT2D eigenvalue weighted by Gasteiger charge is -2.40. The Balaban J connectivity index is 1.45. The standard InChI is InChI=1S/C27H36N8O2/c1-17(2)14-33-15-19(16-33)13-22-29-23-25(32(22)4)30-27(31-26(23)34-9-11-37-12-10-34)35-21-8-6-5-7-20(21)28-24(35)18(3)36/h5-8,17-19,36H,9-16H2,1-4H3/t18-/m1/s1. The van der Waals surface area contributed by atoms with Gasteiger partial charge in [-0.15, -0.1) is 0 Å². The van der Waals surface area contributed by atoms with Crippen LogP contribution in [0.25, 0.3) is 28.1 Å². The van der Waals surface area contributed by atoms with Crippen LogP contribution in [0.3, 0.4) is 0 Å². The first kappa shape index (κ1) is 24.3. The summed E-state index contributed by atoms with van der Waals surface area (Å²) in [5.41, 5.74) is 3.29. The maximum Gasteiger partial charge on any atom is 0.239 e. The normalized spacial score (nSPS) is 18.3. The lowest BCUT2D eigenvalue weighted by Crippen LogP contribution is -2.49. The molecule has 0 unspecified atom stereocenters. The number of hydrogen-bond donors (Lipinski definition) is 1. The molecule has 1 aromatic carbocycles. The van der Waals surface area contributed by atoms with Crippen LogP contribution in [0, 0.1) is 11.8 Å². The van der Waals surface area contributed by atoms with Crippen molar-refractivity contribution in [3.63, 3.8) is 0 Å². The van der Waals surface area contributed by atoms with Gasteiger partial charge >= 0.3 is 0 Å². The lowest BCUT2D eigenvalue weighted by atomic mass is 9.95. The van der Waals surface area contributed by atoms with Crippen LogP contribution in [-0.4, -0.2) is 85.0 Å². The topological polar surface area (TPSA) is 97.4 Å². The molecule has 3 aromatic heterocycles. The average molecular weight is 505 g/mol. The monoisotopic (exact) mass is 504 g/mol. The summed E-state index contributed by atoms with van der Waals surface area (Å²) in [5, 5.41) is 10.6. The van der Waals surface area contributed by atoms with Crippen LogP contribution in [0.5, 0.6) is 0 Å². The number of likely N-dealkylation sites (tertiary alicyclic amines) is 1. The highest BCUT2D eigenvalue weighted by molar-refractivity contribution is 5.86. The number of ether oxygens (including phenoxy) is 1. The van der Waals surface area contributed by atoms with Crippen molar-refractivity contribution in [3.8, 4) is 5.95 Å². The summed E-state index contributed by atoms with van der Waals surface area (Å²) in [6.45, 7) is 12.5. The van der Waals surface area contributed by atoms with E-state index in [1.54, 1.807) is 6.92 Å². The van der Waals surface area contributed by atoms with Gasteiger partial charge in [-0.3, -0.25) is 4.57 Å². The fourth-order valence-corrected chi connectivity index (χ4v) is 5.62. The number of hydrogen-bond acceptors (Lipinski definition) is 8. The highest BCUT2D eigenvalue weighted by Gasteiger charge is 2.30. The van der Waals surface area contributed by atoms with Crippen LogP contribution in [0.2, 0.25) is 0 Å².